The van der Waals surface area contributed by atoms with Crippen molar-refractivity contribution in [3.05, 3.63) is 46.9 Å². The van der Waals surface area contributed by atoms with E-state index in [1.807, 2.05) is 25.3 Å². The summed E-state index contributed by atoms with van der Waals surface area (Å²) < 4.78 is 0. The summed E-state index contributed by atoms with van der Waals surface area (Å²) in [5.74, 6) is -0.714. The van der Waals surface area contributed by atoms with Crippen LogP contribution >= 0.6 is 0 Å². The quantitative estimate of drug-likeness (QED) is 0.617. The van der Waals surface area contributed by atoms with Gasteiger partial charge >= 0.3 is 0 Å². The predicted octanol–water partition coefficient (Wildman–Crippen LogP) is 4.29. The first kappa shape index (κ1) is 24.6. The van der Waals surface area contributed by atoms with Crippen molar-refractivity contribution in [3.63, 3.8) is 0 Å². The minimum absolute atomic E-state index is 0.00581. The number of aryl methyl sites for hydroxylation is 1. The molecule has 2 heterocycles. The molecule has 2 rings (SSSR count). The smallest absolute Gasteiger partial charge is 0.232 e. The van der Waals surface area contributed by atoms with Crippen molar-refractivity contribution in [2.45, 2.75) is 73.6 Å². The van der Waals surface area contributed by atoms with E-state index in [0.29, 0.717) is 19.4 Å². The van der Waals surface area contributed by atoms with E-state index in [1.165, 1.54) is 17.4 Å². The Balaban J connectivity index is 2.29. The van der Waals surface area contributed by atoms with Crippen LogP contribution < -0.4 is 5.32 Å². The van der Waals surface area contributed by atoms with Crippen molar-refractivity contribution in [2.24, 2.45) is 11.3 Å². The van der Waals surface area contributed by atoms with Gasteiger partial charge in [-0.2, -0.15) is 0 Å². The highest BCUT2D eigenvalue weighted by Gasteiger charge is 2.43. The molecule has 2 N–H and O–H groups in total. The van der Waals surface area contributed by atoms with Gasteiger partial charge in [0, 0.05) is 37.5 Å². The molecule has 31 heavy (non-hydrogen) atoms. The Morgan fingerprint density at radius 1 is 1.19 bits per heavy atom. The normalized spacial score (nSPS) is 19.2. The summed E-state index contributed by atoms with van der Waals surface area (Å²) in [6.07, 6.45) is 9.42. The number of hydrogen-bond acceptors (Lipinski definition) is 3. The van der Waals surface area contributed by atoms with Crippen LogP contribution in [0.4, 0.5) is 0 Å². The zero-order valence-corrected chi connectivity index (χ0v) is 19.8. The maximum absolute atomic E-state index is 13.0. The summed E-state index contributed by atoms with van der Waals surface area (Å²) in [4.78, 5) is 41.5. The minimum atomic E-state index is -0.311. The van der Waals surface area contributed by atoms with Gasteiger partial charge in [0.15, 0.2) is 0 Å². The Hall–Kier alpha value is -2.63. The molecule has 1 fully saturated rings. The Morgan fingerprint density at radius 3 is 2.45 bits per heavy atom. The van der Waals surface area contributed by atoms with Crippen LogP contribution in [0.25, 0.3) is 0 Å². The second-order valence-corrected chi connectivity index (χ2v) is 8.87. The fourth-order valence-corrected chi connectivity index (χ4v) is 4.34. The first-order valence-corrected chi connectivity index (χ1v) is 11.3. The minimum Gasteiger partial charge on any atom is -0.365 e. The standard InChI is InChI=1S/C25H37N3O3/c1-7-11-21-20(12-10-13-28(17(4)29)22(30)9-3)23(24(31)27-21)25(5,6)15-19-14-18(8-2)16-26-19/h11-12,14,16,23,26H,7-10,13,15H2,1-6H3,(H,27,31)/b20-12+,21-11+. The number of rotatable bonds is 9. The molecule has 3 amide bonds. The second kappa shape index (κ2) is 10.6. The van der Waals surface area contributed by atoms with E-state index < -0.39 is 0 Å². The van der Waals surface area contributed by atoms with Gasteiger partial charge < -0.3 is 10.3 Å². The molecule has 0 saturated carbocycles. The van der Waals surface area contributed by atoms with Crippen LogP contribution in [0.3, 0.4) is 0 Å². The number of carbonyl (C=O) groups excluding carboxylic acids is 3. The lowest BCUT2D eigenvalue weighted by molar-refractivity contribution is -0.143. The van der Waals surface area contributed by atoms with E-state index in [-0.39, 0.29) is 29.1 Å². The molecule has 1 aromatic heterocycles. The molecule has 0 radical (unpaired) electrons. The molecule has 1 aliphatic rings. The summed E-state index contributed by atoms with van der Waals surface area (Å²) in [6, 6.07) is 2.17. The Bertz CT molecular complexity index is 876. The van der Waals surface area contributed by atoms with Gasteiger partial charge in [-0.1, -0.05) is 46.8 Å². The number of nitrogens with one attached hydrogen (secondary N) is 2. The molecule has 0 spiro atoms. The number of carbonyl (C=O) groups is 3. The van der Waals surface area contributed by atoms with Gasteiger partial charge in [-0.15, -0.1) is 0 Å². The van der Waals surface area contributed by atoms with Crippen LogP contribution in [0.1, 0.15) is 72.1 Å². The first-order chi connectivity index (χ1) is 14.6. The van der Waals surface area contributed by atoms with Gasteiger partial charge in [-0.25, -0.2) is 0 Å². The highest BCUT2D eigenvalue weighted by Crippen LogP contribution is 2.42. The molecule has 1 aliphatic heterocycles. The van der Waals surface area contributed by atoms with E-state index in [4.69, 9.17) is 0 Å². The fraction of sp³-hybridized carbons (Fsp3) is 0.560. The SMILES string of the molecule is CC/C=C1/NC(=O)C(C(C)(C)Cc2cc(CC)c[nH]2)/C1=C/CCN(C(C)=O)C(=O)CC. The number of nitrogens with zero attached hydrogens (tertiary/aromatic N) is 1. The van der Waals surface area contributed by atoms with Crippen molar-refractivity contribution in [2.75, 3.05) is 6.54 Å². The van der Waals surface area contributed by atoms with E-state index >= 15 is 0 Å². The van der Waals surface area contributed by atoms with E-state index in [9.17, 15) is 14.4 Å². The number of aromatic amines is 1. The second-order valence-electron chi connectivity index (χ2n) is 8.87. The molecule has 0 bridgehead atoms. The Kier molecular flexibility index (Phi) is 8.43. The molecule has 1 aromatic rings. The van der Waals surface area contributed by atoms with Crippen molar-refractivity contribution in [3.8, 4) is 0 Å². The third kappa shape index (κ3) is 5.96. The molecule has 1 unspecified atom stereocenters. The zero-order chi connectivity index (χ0) is 23.2. The lowest BCUT2D eigenvalue weighted by Crippen LogP contribution is -2.35. The van der Waals surface area contributed by atoms with Gasteiger partial charge in [0.1, 0.15) is 0 Å². The number of hydrogen-bond donors (Lipinski definition) is 2. The Morgan fingerprint density at radius 2 is 1.90 bits per heavy atom. The van der Waals surface area contributed by atoms with E-state index in [0.717, 1.165) is 36.2 Å². The van der Waals surface area contributed by atoms with Crippen LogP contribution in [-0.4, -0.2) is 34.2 Å². The van der Waals surface area contributed by atoms with Crippen LogP contribution in [0, 0.1) is 11.3 Å². The zero-order valence-electron chi connectivity index (χ0n) is 19.8. The number of aromatic nitrogens is 1. The lowest BCUT2D eigenvalue weighted by Gasteiger charge is -2.30. The summed E-state index contributed by atoms with van der Waals surface area (Å²) in [7, 11) is 0. The predicted molar refractivity (Wildman–Crippen MR) is 123 cm³/mol. The summed E-state index contributed by atoms with van der Waals surface area (Å²) >= 11 is 0. The fourth-order valence-electron chi connectivity index (χ4n) is 4.34. The maximum atomic E-state index is 13.0. The highest BCUT2D eigenvalue weighted by atomic mass is 16.2. The van der Waals surface area contributed by atoms with Crippen LogP contribution in [0.15, 0.2) is 35.7 Å². The van der Waals surface area contributed by atoms with Crippen molar-refractivity contribution >= 4 is 17.7 Å². The average Bonchev–Trinajstić information content (AvgIpc) is 3.28. The molecular formula is C25H37N3O3. The Labute approximate surface area is 186 Å². The highest BCUT2D eigenvalue weighted by molar-refractivity contribution is 5.94. The van der Waals surface area contributed by atoms with Crippen molar-refractivity contribution in [1.82, 2.24) is 15.2 Å². The molecule has 170 valence electrons. The first-order valence-electron chi connectivity index (χ1n) is 11.3. The van der Waals surface area contributed by atoms with Crippen molar-refractivity contribution < 1.29 is 14.4 Å². The number of imide groups is 1. The van der Waals surface area contributed by atoms with Gasteiger partial charge in [-0.05, 0) is 48.3 Å². The number of allylic oxidation sites excluding steroid dienone is 2. The van der Waals surface area contributed by atoms with Gasteiger partial charge in [-0.3, -0.25) is 19.3 Å². The third-order valence-electron chi connectivity index (χ3n) is 5.89. The number of H-pyrrole nitrogens is 1. The van der Waals surface area contributed by atoms with Crippen LogP contribution in [-0.2, 0) is 27.2 Å². The van der Waals surface area contributed by atoms with Gasteiger partial charge in [0.2, 0.25) is 17.7 Å². The van der Waals surface area contributed by atoms with Gasteiger partial charge in [0.05, 0.1) is 5.92 Å². The monoisotopic (exact) mass is 427 g/mol. The lowest BCUT2D eigenvalue weighted by atomic mass is 9.72. The molecule has 0 aliphatic carbocycles. The van der Waals surface area contributed by atoms with Crippen LogP contribution in [0.5, 0.6) is 0 Å². The molecule has 1 saturated heterocycles. The summed E-state index contributed by atoms with van der Waals surface area (Å²) in [5.41, 5.74) is 3.88. The van der Waals surface area contributed by atoms with E-state index in [1.54, 1.807) is 6.92 Å². The van der Waals surface area contributed by atoms with Gasteiger partial charge in [0.25, 0.3) is 0 Å². The largest absolute Gasteiger partial charge is 0.365 e. The molecule has 0 aromatic carbocycles. The van der Waals surface area contributed by atoms with E-state index in [2.05, 4.69) is 37.1 Å². The topological polar surface area (TPSA) is 82.3 Å². The molecular weight excluding hydrogens is 390 g/mol. The maximum Gasteiger partial charge on any atom is 0.232 e. The third-order valence-corrected chi connectivity index (χ3v) is 5.89. The number of amides is 3. The summed E-state index contributed by atoms with van der Waals surface area (Å²) in [6.45, 7) is 11.9. The molecule has 6 nitrogen and oxygen atoms in total. The van der Waals surface area contributed by atoms with Crippen molar-refractivity contribution in [1.29, 1.82) is 0 Å². The molecule has 1 atom stereocenters. The average molecular weight is 428 g/mol. The molecule has 6 heteroatoms. The summed E-state index contributed by atoms with van der Waals surface area (Å²) in [5, 5.41) is 3.05. The van der Waals surface area contributed by atoms with Crippen LogP contribution in [0.2, 0.25) is 0 Å².